The number of nitrogens with zero attached hydrogens (tertiary/aromatic N) is 2. The second-order valence-corrected chi connectivity index (χ2v) is 10.3. The first-order valence-electron chi connectivity index (χ1n) is 11.5. The average Bonchev–Trinajstić information content (AvgIpc) is 2.92. The first-order valence-corrected chi connectivity index (χ1v) is 12.9. The minimum Gasteiger partial charge on any atom is -0.495 e. The number of sulfonamides is 1. The SMILES string of the molecule is COc1cc(NC(=O)COC(=O)c2ccc(OC)c(S(=O)(=O)N(C)Cc3ccccc3)c2)c(C)cc1[N+](=O)[O-]. The molecule has 1 amide bonds. The molecule has 0 aromatic heterocycles. The smallest absolute Gasteiger partial charge is 0.338 e. The van der Waals surface area contributed by atoms with Gasteiger partial charge in [-0.2, -0.15) is 4.31 Å². The molecule has 0 unspecified atom stereocenters. The van der Waals surface area contributed by atoms with E-state index >= 15 is 0 Å². The molecule has 206 valence electrons. The number of esters is 1. The van der Waals surface area contributed by atoms with E-state index in [4.69, 9.17) is 14.2 Å². The molecule has 0 aliphatic carbocycles. The van der Waals surface area contributed by atoms with Gasteiger partial charge in [0, 0.05) is 31.4 Å². The molecule has 0 saturated heterocycles. The van der Waals surface area contributed by atoms with Crippen LogP contribution in [0.2, 0.25) is 0 Å². The highest BCUT2D eigenvalue weighted by Gasteiger charge is 2.27. The van der Waals surface area contributed by atoms with Gasteiger partial charge in [0.1, 0.15) is 10.6 Å². The Morgan fingerprint density at radius 2 is 1.67 bits per heavy atom. The van der Waals surface area contributed by atoms with Gasteiger partial charge in [-0.3, -0.25) is 14.9 Å². The first kappa shape index (κ1) is 29.1. The highest BCUT2D eigenvalue weighted by atomic mass is 32.2. The Bertz CT molecular complexity index is 1490. The summed E-state index contributed by atoms with van der Waals surface area (Å²) in [5.41, 5.74) is 1.03. The summed E-state index contributed by atoms with van der Waals surface area (Å²) in [4.78, 5) is 35.4. The Labute approximate surface area is 225 Å². The van der Waals surface area contributed by atoms with E-state index in [1.807, 2.05) is 6.07 Å². The summed E-state index contributed by atoms with van der Waals surface area (Å²) >= 11 is 0. The summed E-state index contributed by atoms with van der Waals surface area (Å²) in [6, 6.07) is 15.3. The lowest BCUT2D eigenvalue weighted by atomic mass is 10.1. The Balaban J connectivity index is 1.74. The second-order valence-electron chi connectivity index (χ2n) is 8.33. The van der Waals surface area contributed by atoms with Crippen molar-refractivity contribution in [3.8, 4) is 11.5 Å². The van der Waals surface area contributed by atoms with Crippen LogP contribution in [-0.4, -0.2) is 57.4 Å². The summed E-state index contributed by atoms with van der Waals surface area (Å²) in [7, 11) is -0.0922. The second kappa shape index (κ2) is 12.4. The number of rotatable bonds is 11. The topological polar surface area (TPSA) is 154 Å². The Morgan fingerprint density at radius 1 is 1.00 bits per heavy atom. The number of nitro groups is 1. The Kier molecular flexibility index (Phi) is 9.22. The molecule has 3 aromatic carbocycles. The third-order valence-corrected chi connectivity index (χ3v) is 7.49. The summed E-state index contributed by atoms with van der Waals surface area (Å²) in [6.45, 7) is 0.954. The van der Waals surface area contributed by atoms with Crippen molar-refractivity contribution >= 4 is 33.3 Å². The highest BCUT2D eigenvalue weighted by molar-refractivity contribution is 7.89. The molecular weight excluding hydrogens is 530 g/mol. The third-order valence-electron chi connectivity index (χ3n) is 5.67. The van der Waals surface area contributed by atoms with Crippen molar-refractivity contribution in [3.63, 3.8) is 0 Å². The molecule has 0 saturated carbocycles. The van der Waals surface area contributed by atoms with Crippen LogP contribution in [0.25, 0.3) is 0 Å². The standard InChI is InChI=1S/C26H27N3O9S/c1-17-12-21(29(32)33)23(37-4)14-20(17)27-25(30)16-38-26(31)19-10-11-22(36-3)24(13-19)39(34,35)28(2)15-18-8-6-5-7-9-18/h5-14H,15-16H2,1-4H3,(H,27,30). The van der Waals surface area contributed by atoms with E-state index < -0.39 is 33.4 Å². The fourth-order valence-corrected chi connectivity index (χ4v) is 4.95. The van der Waals surface area contributed by atoms with Gasteiger partial charge >= 0.3 is 11.7 Å². The number of hydrogen-bond acceptors (Lipinski definition) is 9. The molecule has 0 heterocycles. The molecule has 0 radical (unpaired) electrons. The van der Waals surface area contributed by atoms with Gasteiger partial charge in [-0.15, -0.1) is 0 Å². The van der Waals surface area contributed by atoms with E-state index in [1.165, 1.54) is 45.5 Å². The Hall–Kier alpha value is -4.49. The fraction of sp³-hybridized carbons (Fsp3) is 0.231. The molecule has 0 spiro atoms. The van der Waals surface area contributed by atoms with E-state index in [2.05, 4.69) is 5.32 Å². The zero-order valence-electron chi connectivity index (χ0n) is 21.7. The number of carbonyl (C=O) groups excluding carboxylic acids is 2. The number of methoxy groups -OCH3 is 2. The number of nitro benzene ring substituents is 1. The van der Waals surface area contributed by atoms with Gasteiger partial charge in [-0.05, 0) is 36.2 Å². The van der Waals surface area contributed by atoms with Crippen LogP contribution in [0.1, 0.15) is 21.5 Å². The summed E-state index contributed by atoms with van der Waals surface area (Å²) < 4.78 is 43.0. The van der Waals surface area contributed by atoms with E-state index in [-0.39, 0.29) is 39.9 Å². The lowest BCUT2D eigenvalue weighted by Crippen LogP contribution is -2.27. The molecule has 0 aliphatic heterocycles. The molecule has 0 bridgehead atoms. The highest BCUT2D eigenvalue weighted by Crippen LogP contribution is 2.33. The van der Waals surface area contributed by atoms with Crippen LogP contribution in [0.3, 0.4) is 0 Å². The predicted octanol–water partition coefficient (Wildman–Crippen LogP) is 3.54. The van der Waals surface area contributed by atoms with Crippen LogP contribution in [0.15, 0.2) is 65.6 Å². The molecular formula is C26H27N3O9S. The number of anilines is 1. The first-order chi connectivity index (χ1) is 18.5. The molecule has 3 rings (SSSR count). The molecule has 0 aliphatic rings. The van der Waals surface area contributed by atoms with Gasteiger partial charge in [-0.25, -0.2) is 13.2 Å². The van der Waals surface area contributed by atoms with E-state index in [0.717, 1.165) is 15.9 Å². The van der Waals surface area contributed by atoms with Gasteiger partial charge < -0.3 is 19.5 Å². The summed E-state index contributed by atoms with van der Waals surface area (Å²) in [5.74, 6) is -1.67. The number of aryl methyl sites for hydroxylation is 1. The summed E-state index contributed by atoms with van der Waals surface area (Å²) in [6.07, 6.45) is 0. The van der Waals surface area contributed by atoms with Crippen LogP contribution in [0.5, 0.6) is 11.5 Å². The zero-order valence-corrected chi connectivity index (χ0v) is 22.5. The number of hydrogen-bond donors (Lipinski definition) is 1. The van der Waals surface area contributed by atoms with Crippen LogP contribution in [-0.2, 0) is 26.1 Å². The van der Waals surface area contributed by atoms with E-state index in [9.17, 15) is 28.1 Å². The molecule has 0 atom stereocenters. The molecule has 39 heavy (non-hydrogen) atoms. The lowest BCUT2D eigenvalue weighted by Gasteiger charge is -2.19. The van der Waals surface area contributed by atoms with Crippen LogP contribution < -0.4 is 14.8 Å². The fourth-order valence-electron chi connectivity index (χ4n) is 3.61. The van der Waals surface area contributed by atoms with E-state index in [1.54, 1.807) is 31.2 Å². The number of carbonyl (C=O) groups is 2. The quantitative estimate of drug-likeness (QED) is 0.212. The van der Waals surface area contributed by atoms with Crippen molar-refractivity contribution in [1.82, 2.24) is 4.31 Å². The molecule has 1 N–H and O–H groups in total. The van der Waals surface area contributed by atoms with Gasteiger partial charge in [0.15, 0.2) is 12.4 Å². The minimum atomic E-state index is -4.07. The average molecular weight is 558 g/mol. The number of ether oxygens (including phenoxy) is 3. The van der Waals surface area contributed by atoms with Gasteiger partial charge in [-0.1, -0.05) is 30.3 Å². The summed E-state index contributed by atoms with van der Waals surface area (Å²) in [5, 5.41) is 13.7. The molecule has 13 heteroatoms. The number of benzene rings is 3. The maximum absolute atomic E-state index is 13.3. The molecule has 3 aromatic rings. The number of nitrogens with one attached hydrogen (secondary N) is 1. The normalized spacial score (nSPS) is 11.1. The van der Waals surface area contributed by atoms with Gasteiger partial charge in [0.25, 0.3) is 5.91 Å². The van der Waals surface area contributed by atoms with Crippen molar-refractivity contribution in [2.45, 2.75) is 18.4 Å². The maximum Gasteiger partial charge on any atom is 0.338 e. The molecule has 12 nitrogen and oxygen atoms in total. The van der Waals surface area contributed by atoms with E-state index in [0.29, 0.717) is 5.56 Å². The van der Waals surface area contributed by atoms with Gasteiger partial charge in [0.2, 0.25) is 10.0 Å². The van der Waals surface area contributed by atoms with Gasteiger partial charge in [0.05, 0.1) is 24.7 Å². The third kappa shape index (κ3) is 6.89. The monoisotopic (exact) mass is 557 g/mol. The van der Waals surface area contributed by atoms with Crippen molar-refractivity contribution in [3.05, 3.63) is 87.5 Å². The van der Waals surface area contributed by atoms with Crippen molar-refractivity contribution in [2.75, 3.05) is 33.2 Å². The minimum absolute atomic E-state index is 0.0341. The maximum atomic E-state index is 13.3. The molecule has 0 fully saturated rings. The van der Waals surface area contributed by atoms with Crippen LogP contribution >= 0.6 is 0 Å². The van der Waals surface area contributed by atoms with Crippen molar-refractivity contribution in [2.24, 2.45) is 0 Å². The zero-order chi connectivity index (χ0) is 28.7. The van der Waals surface area contributed by atoms with Crippen molar-refractivity contribution in [1.29, 1.82) is 0 Å². The largest absolute Gasteiger partial charge is 0.495 e. The van der Waals surface area contributed by atoms with Crippen LogP contribution in [0, 0.1) is 17.0 Å². The lowest BCUT2D eigenvalue weighted by molar-refractivity contribution is -0.385. The van der Waals surface area contributed by atoms with Crippen LogP contribution in [0.4, 0.5) is 11.4 Å². The Morgan fingerprint density at radius 3 is 2.28 bits per heavy atom. The number of amides is 1. The van der Waals surface area contributed by atoms with Crippen molar-refractivity contribution < 1.29 is 37.1 Å². The predicted molar refractivity (Wildman–Crippen MR) is 141 cm³/mol.